The van der Waals surface area contributed by atoms with E-state index in [0.29, 0.717) is 11.5 Å². The number of nitrogens with zero attached hydrogens (tertiary/aromatic N) is 2. The minimum Gasteiger partial charge on any atom is -0.367 e. The normalized spacial score (nSPS) is 21.0. The Morgan fingerprint density at radius 3 is 2.59 bits per heavy atom. The molecule has 0 aliphatic heterocycles. The number of hydrogen-bond donors (Lipinski definition) is 2. The highest BCUT2D eigenvalue weighted by atomic mass is 19.3. The number of anilines is 1. The van der Waals surface area contributed by atoms with Crippen molar-refractivity contribution < 1.29 is 13.6 Å². The van der Waals surface area contributed by atoms with Gasteiger partial charge in [-0.3, -0.25) is 9.79 Å². The van der Waals surface area contributed by atoms with Crippen LogP contribution in [0.4, 0.5) is 14.5 Å². The average molecular weight is 376 g/mol. The third-order valence-corrected chi connectivity index (χ3v) is 4.74. The molecule has 0 aromatic heterocycles. The van der Waals surface area contributed by atoms with Gasteiger partial charge in [-0.05, 0) is 49.7 Å². The Balaban J connectivity index is 2.13. The molecule has 1 aromatic rings. The lowest BCUT2D eigenvalue weighted by Crippen LogP contribution is -2.43. The molecule has 2 rings (SSSR count). The van der Waals surface area contributed by atoms with Crippen molar-refractivity contribution in [2.24, 2.45) is 15.9 Å². The fourth-order valence-corrected chi connectivity index (χ4v) is 3.14. The van der Waals surface area contributed by atoms with Crippen LogP contribution in [-0.4, -0.2) is 38.0 Å². The molecule has 1 fully saturated rings. The molecular weight excluding hydrogens is 350 g/mol. The molecule has 1 aliphatic carbocycles. The highest BCUT2D eigenvalue weighted by molar-refractivity contribution is 5.99. The molecule has 2 N–H and O–H groups in total. The molecule has 27 heavy (non-hydrogen) atoms. The number of carbonyl (C=O) groups excluding carboxylic acids is 1. The number of aliphatic imine (C=N–C) groups is 2. The maximum atomic E-state index is 13.5. The summed E-state index contributed by atoms with van der Waals surface area (Å²) in [5.74, 6) is 0.538. The minimum absolute atomic E-state index is 0.108. The van der Waals surface area contributed by atoms with Crippen LogP contribution in [0.1, 0.15) is 43.0 Å². The van der Waals surface area contributed by atoms with Gasteiger partial charge in [0.1, 0.15) is 18.8 Å². The summed E-state index contributed by atoms with van der Waals surface area (Å²) in [5, 5.41) is 6.25. The molecular formula is C20H26F2N4O. The first-order valence-electron chi connectivity index (χ1n) is 9.09. The van der Waals surface area contributed by atoms with Crippen molar-refractivity contribution in [2.75, 3.05) is 12.0 Å². The molecule has 0 saturated heterocycles. The summed E-state index contributed by atoms with van der Waals surface area (Å²) in [7, 11) is 0. The number of benzene rings is 1. The SMILES string of the molecule is C=N/C=C(\C(=N/CNc1ccc(C=O)cc1)NC1CCCCC1C)C(F)F. The maximum Gasteiger partial charge on any atom is 0.268 e. The predicted molar refractivity (Wildman–Crippen MR) is 106 cm³/mol. The van der Waals surface area contributed by atoms with E-state index in [-0.39, 0.29) is 24.1 Å². The summed E-state index contributed by atoms with van der Waals surface area (Å²) < 4.78 is 27.0. The zero-order chi connectivity index (χ0) is 19.6. The molecule has 0 spiro atoms. The molecule has 146 valence electrons. The quantitative estimate of drug-likeness (QED) is 0.404. The topological polar surface area (TPSA) is 65.8 Å². The first-order valence-corrected chi connectivity index (χ1v) is 9.09. The Labute approximate surface area is 158 Å². The Morgan fingerprint density at radius 2 is 2.00 bits per heavy atom. The highest BCUT2D eigenvalue weighted by Gasteiger charge is 2.25. The molecule has 1 aliphatic rings. The van der Waals surface area contributed by atoms with Crippen molar-refractivity contribution in [3.63, 3.8) is 0 Å². The van der Waals surface area contributed by atoms with Crippen molar-refractivity contribution in [1.82, 2.24) is 5.32 Å². The number of amidine groups is 1. The Kier molecular flexibility index (Phi) is 8.10. The number of rotatable bonds is 8. The van der Waals surface area contributed by atoms with Crippen LogP contribution in [0.25, 0.3) is 0 Å². The summed E-state index contributed by atoms with van der Waals surface area (Å²) in [4.78, 5) is 18.5. The number of alkyl halides is 2. The maximum absolute atomic E-state index is 13.5. The third-order valence-electron chi connectivity index (χ3n) is 4.74. The molecule has 0 amide bonds. The fraction of sp³-hybridized carbons (Fsp3) is 0.450. The first kappa shape index (κ1) is 20.7. The summed E-state index contributed by atoms with van der Waals surface area (Å²) in [6, 6.07) is 6.94. The van der Waals surface area contributed by atoms with E-state index in [0.717, 1.165) is 43.9 Å². The number of hydrogen-bond acceptors (Lipinski definition) is 4. The molecule has 0 bridgehead atoms. The summed E-state index contributed by atoms with van der Waals surface area (Å²) in [5.41, 5.74) is 1.05. The minimum atomic E-state index is -2.70. The van der Waals surface area contributed by atoms with Crippen LogP contribution in [0.15, 0.2) is 46.0 Å². The highest BCUT2D eigenvalue weighted by Crippen LogP contribution is 2.24. The van der Waals surface area contributed by atoms with Crippen LogP contribution in [-0.2, 0) is 0 Å². The van der Waals surface area contributed by atoms with Gasteiger partial charge in [0, 0.05) is 23.5 Å². The van der Waals surface area contributed by atoms with E-state index in [9.17, 15) is 13.6 Å². The van der Waals surface area contributed by atoms with Gasteiger partial charge >= 0.3 is 0 Å². The van der Waals surface area contributed by atoms with Crippen molar-refractivity contribution in [3.8, 4) is 0 Å². The van der Waals surface area contributed by atoms with Crippen LogP contribution in [0, 0.1) is 5.92 Å². The Bertz CT molecular complexity index is 686. The van der Waals surface area contributed by atoms with Gasteiger partial charge in [0.15, 0.2) is 0 Å². The van der Waals surface area contributed by atoms with Gasteiger partial charge in [0.25, 0.3) is 6.43 Å². The van der Waals surface area contributed by atoms with E-state index in [2.05, 4.69) is 34.3 Å². The van der Waals surface area contributed by atoms with Gasteiger partial charge in [0.05, 0.1) is 5.57 Å². The molecule has 2 unspecified atom stereocenters. The molecule has 1 saturated carbocycles. The third kappa shape index (κ3) is 6.27. The molecule has 7 heteroatoms. The summed E-state index contributed by atoms with van der Waals surface area (Å²) in [6.45, 7) is 5.52. The average Bonchev–Trinajstić information content (AvgIpc) is 2.67. The van der Waals surface area contributed by atoms with Gasteiger partial charge < -0.3 is 10.6 Å². The Morgan fingerprint density at radius 1 is 1.30 bits per heavy atom. The number of halogens is 2. The van der Waals surface area contributed by atoms with Gasteiger partial charge in [-0.25, -0.2) is 13.8 Å². The van der Waals surface area contributed by atoms with E-state index in [1.807, 2.05) is 0 Å². The van der Waals surface area contributed by atoms with Crippen LogP contribution in [0.5, 0.6) is 0 Å². The van der Waals surface area contributed by atoms with E-state index in [1.54, 1.807) is 24.3 Å². The van der Waals surface area contributed by atoms with Gasteiger partial charge in [-0.1, -0.05) is 19.8 Å². The predicted octanol–water partition coefficient (Wildman–Crippen LogP) is 4.28. The molecule has 0 radical (unpaired) electrons. The summed E-state index contributed by atoms with van der Waals surface area (Å²) >= 11 is 0. The van der Waals surface area contributed by atoms with Gasteiger partial charge in [-0.15, -0.1) is 0 Å². The molecule has 0 heterocycles. The smallest absolute Gasteiger partial charge is 0.268 e. The largest absolute Gasteiger partial charge is 0.367 e. The monoisotopic (exact) mass is 376 g/mol. The lowest BCUT2D eigenvalue weighted by atomic mass is 9.86. The lowest BCUT2D eigenvalue weighted by Gasteiger charge is -2.31. The van der Waals surface area contributed by atoms with Crippen LogP contribution < -0.4 is 10.6 Å². The van der Waals surface area contributed by atoms with E-state index in [4.69, 9.17) is 0 Å². The van der Waals surface area contributed by atoms with Gasteiger partial charge in [0.2, 0.25) is 0 Å². The second kappa shape index (κ2) is 10.5. The first-order chi connectivity index (χ1) is 13.0. The van der Waals surface area contributed by atoms with Crippen LogP contribution >= 0.6 is 0 Å². The van der Waals surface area contributed by atoms with Crippen LogP contribution in [0.3, 0.4) is 0 Å². The number of carbonyl (C=O) groups is 1. The van der Waals surface area contributed by atoms with E-state index in [1.165, 1.54) is 0 Å². The second-order valence-electron chi connectivity index (χ2n) is 6.66. The molecule has 2 atom stereocenters. The zero-order valence-electron chi connectivity index (χ0n) is 15.5. The van der Waals surface area contributed by atoms with Crippen molar-refractivity contribution >= 4 is 24.5 Å². The van der Waals surface area contributed by atoms with Crippen molar-refractivity contribution in [2.45, 2.75) is 45.1 Å². The van der Waals surface area contributed by atoms with Gasteiger partial charge in [-0.2, -0.15) is 0 Å². The van der Waals surface area contributed by atoms with E-state index >= 15 is 0 Å². The van der Waals surface area contributed by atoms with Crippen LogP contribution in [0.2, 0.25) is 0 Å². The lowest BCUT2D eigenvalue weighted by molar-refractivity contribution is 0.112. The fourth-order valence-electron chi connectivity index (χ4n) is 3.14. The summed E-state index contributed by atoms with van der Waals surface area (Å²) in [6.07, 6.45) is 3.35. The van der Waals surface area contributed by atoms with E-state index < -0.39 is 6.43 Å². The van der Waals surface area contributed by atoms with Crippen molar-refractivity contribution in [3.05, 3.63) is 41.6 Å². The standard InChI is InChI=1S/C20H26F2N4O/c1-14-5-3-4-6-18(14)26-20(17(11-23-2)19(21)22)25-13-24-16-9-7-15(12-27)8-10-16/h7-12,14,18-19,24H,2-6,13H2,1H3,(H,25,26)/b17-11-. The Hall–Kier alpha value is -2.57. The number of nitrogens with one attached hydrogen (secondary N) is 2. The second-order valence-corrected chi connectivity index (χ2v) is 6.66. The molecule has 1 aromatic carbocycles. The zero-order valence-corrected chi connectivity index (χ0v) is 15.5. The molecule has 5 nitrogen and oxygen atoms in total. The number of aldehydes is 1. The van der Waals surface area contributed by atoms with Crippen molar-refractivity contribution in [1.29, 1.82) is 0 Å².